The van der Waals surface area contributed by atoms with Crippen molar-refractivity contribution in [3.05, 3.63) is 84.4 Å². The fraction of sp³-hybridized carbons (Fsp3) is 0.0526. The normalized spacial score (nSPS) is 10.2. The van der Waals surface area contributed by atoms with Crippen molar-refractivity contribution in [2.45, 2.75) is 6.61 Å². The summed E-state index contributed by atoms with van der Waals surface area (Å²) in [6, 6.07) is 25.0. The lowest BCUT2D eigenvalue weighted by Crippen LogP contribution is -1.96. The molecule has 0 saturated heterocycles. The molecule has 0 atom stereocenters. The van der Waals surface area contributed by atoms with E-state index in [0.717, 1.165) is 22.8 Å². The summed E-state index contributed by atoms with van der Waals surface area (Å²) in [7, 11) is 0. The third-order valence-corrected chi connectivity index (χ3v) is 3.17. The molecule has 0 fully saturated rings. The minimum Gasteiger partial charge on any atom is -0.489 e. The Labute approximate surface area is 129 Å². The second-order valence-electron chi connectivity index (χ2n) is 4.92. The maximum atomic E-state index is 5.75. The van der Waals surface area contributed by atoms with Crippen molar-refractivity contribution in [3.63, 3.8) is 0 Å². The molecule has 22 heavy (non-hydrogen) atoms. The summed E-state index contributed by atoms with van der Waals surface area (Å²) in [6.07, 6.45) is 0. The van der Waals surface area contributed by atoms with Gasteiger partial charge in [0.15, 0.2) is 0 Å². The summed E-state index contributed by atoms with van der Waals surface area (Å²) in [5.74, 6) is 2.40. The number of hydrogen-bond acceptors (Lipinski definition) is 3. The molecule has 0 heterocycles. The largest absolute Gasteiger partial charge is 0.489 e. The first-order valence-electron chi connectivity index (χ1n) is 7.10. The third kappa shape index (κ3) is 3.79. The number of para-hydroxylation sites is 1. The van der Waals surface area contributed by atoms with Crippen LogP contribution in [0.4, 0.5) is 5.69 Å². The van der Waals surface area contributed by atoms with Crippen LogP contribution in [-0.4, -0.2) is 0 Å². The van der Waals surface area contributed by atoms with E-state index in [1.807, 2.05) is 78.9 Å². The van der Waals surface area contributed by atoms with Gasteiger partial charge in [0.05, 0.1) is 0 Å². The van der Waals surface area contributed by atoms with Gasteiger partial charge in [-0.2, -0.15) is 0 Å². The van der Waals surface area contributed by atoms with Crippen molar-refractivity contribution in [1.29, 1.82) is 0 Å². The molecular formula is C19H17NO2. The van der Waals surface area contributed by atoms with Gasteiger partial charge in [-0.05, 0) is 42.0 Å². The number of hydrogen-bond donors (Lipinski definition) is 1. The van der Waals surface area contributed by atoms with Crippen LogP contribution >= 0.6 is 0 Å². The molecule has 0 aromatic heterocycles. The number of nitrogen functional groups attached to an aromatic ring is 1. The van der Waals surface area contributed by atoms with Crippen molar-refractivity contribution in [1.82, 2.24) is 0 Å². The lowest BCUT2D eigenvalue weighted by Gasteiger charge is -2.08. The molecule has 0 radical (unpaired) electrons. The highest BCUT2D eigenvalue weighted by atomic mass is 16.5. The number of nitrogens with two attached hydrogens (primary N) is 1. The molecule has 0 saturated carbocycles. The summed E-state index contributed by atoms with van der Waals surface area (Å²) >= 11 is 0. The van der Waals surface area contributed by atoms with Gasteiger partial charge in [0.25, 0.3) is 0 Å². The van der Waals surface area contributed by atoms with Crippen LogP contribution in [-0.2, 0) is 6.61 Å². The zero-order chi connectivity index (χ0) is 15.2. The van der Waals surface area contributed by atoms with Gasteiger partial charge in [-0.15, -0.1) is 0 Å². The van der Waals surface area contributed by atoms with Crippen LogP contribution in [0.2, 0.25) is 0 Å². The zero-order valence-electron chi connectivity index (χ0n) is 12.1. The summed E-state index contributed by atoms with van der Waals surface area (Å²) in [5, 5.41) is 0. The van der Waals surface area contributed by atoms with E-state index >= 15 is 0 Å². The molecule has 0 bridgehead atoms. The molecule has 0 unspecified atom stereocenters. The number of benzene rings is 3. The Kier molecular flexibility index (Phi) is 4.25. The molecule has 2 N–H and O–H groups in total. The highest BCUT2D eigenvalue weighted by Crippen LogP contribution is 2.22. The van der Waals surface area contributed by atoms with Gasteiger partial charge in [0, 0.05) is 11.8 Å². The van der Waals surface area contributed by atoms with Crippen LogP contribution in [0.15, 0.2) is 78.9 Å². The molecule has 3 rings (SSSR count). The maximum Gasteiger partial charge on any atom is 0.127 e. The van der Waals surface area contributed by atoms with E-state index in [-0.39, 0.29) is 0 Å². The first-order valence-corrected chi connectivity index (χ1v) is 7.10. The van der Waals surface area contributed by atoms with Gasteiger partial charge in [-0.25, -0.2) is 0 Å². The maximum absolute atomic E-state index is 5.75. The molecule has 0 amide bonds. The van der Waals surface area contributed by atoms with Crippen molar-refractivity contribution >= 4 is 5.69 Å². The van der Waals surface area contributed by atoms with E-state index in [9.17, 15) is 0 Å². The standard InChI is InChI=1S/C19H17NO2/c20-16-5-4-8-19(13-16)21-14-15-9-11-18(12-10-15)22-17-6-2-1-3-7-17/h1-13H,14,20H2. The highest BCUT2D eigenvalue weighted by Gasteiger charge is 1.99. The van der Waals surface area contributed by atoms with Gasteiger partial charge in [-0.1, -0.05) is 36.4 Å². The van der Waals surface area contributed by atoms with Crippen LogP contribution in [0.3, 0.4) is 0 Å². The molecular weight excluding hydrogens is 274 g/mol. The third-order valence-electron chi connectivity index (χ3n) is 3.17. The first-order chi connectivity index (χ1) is 10.8. The summed E-state index contributed by atoms with van der Waals surface area (Å²) in [6.45, 7) is 0.495. The predicted molar refractivity (Wildman–Crippen MR) is 88.1 cm³/mol. The number of ether oxygens (including phenoxy) is 2. The Morgan fingerprint density at radius 2 is 1.36 bits per heavy atom. The molecule has 3 heteroatoms. The Balaban J connectivity index is 1.60. The van der Waals surface area contributed by atoms with Crippen LogP contribution in [0.25, 0.3) is 0 Å². The zero-order valence-corrected chi connectivity index (χ0v) is 12.1. The molecule has 0 aliphatic rings. The van der Waals surface area contributed by atoms with Crippen molar-refractivity contribution < 1.29 is 9.47 Å². The second kappa shape index (κ2) is 6.68. The summed E-state index contributed by atoms with van der Waals surface area (Å²) < 4.78 is 11.5. The average molecular weight is 291 g/mol. The Hall–Kier alpha value is -2.94. The van der Waals surface area contributed by atoms with E-state index in [2.05, 4.69) is 0 Å². The van der Waals surface area contributed by atoms with Gasteiger partial charge < -0.3 is 15.2 Å². The Bertz CT molecular complexity index is 724. The van der Waals surface area contributed by atoms with E-state index in [0.29, 0.717) is 12.3 Å². The van der Waals surface area contributed by atoms with Crippen LogP contribution < -0.4 is 15.2 Å². The number of rotatable bonds is 5. The Morgan fingerprint density at radius 1 is 0.682 bits per heavy atom. The van der Waals surface area contributed by atoms with Crippen LogP contribution in [0.1, 0.15) is 5.56 Å². The number of anilines is 1. The average Bonchev–Trinajstić information content (AvgIpc) is 2.55. The highest BCUT2D eigenvalue weighted by molar-refractivity contribution is 5.43. The molecule has 3 aromatic rings. The minimum atomic E-state index is 0.495. The van der Waals surface area contributed by atoms with E-state index in [1.165, 1.54) is 0 Å². The van der Waals surface area contributed by atoms with Gasteiger partial charge in [0.2, 0.25) is 0 Å². The Morgan fingerprint density at radius 3 is 2.09 bits per heavy atom. The molecule has 0 aliphatic heterocycles. The lowest BCUT2D eigenvalue weighted by atomic mass is 10.2. The molecule has 3 aromatic carbocycles. The van der Waals surface area contributed by atoms with Gasteiger partial charge in [0.1, 0.15) is 23.9 Å². The quantitative estimate of drug-likeness (QED) is 0.696. The van der Waals surface area contributed by atoms with Crippen LogP contribution in [0.5, 0.6) is 17.2 Å². The summed E-state index contributed by atoms with van der Waals surface area (Å²) in [5.41, 5.74) is 7.49. The lowest BCUT2D eigenvalue weighted by molar-refractivity contribution is 0.306. The predicted octanol–water partition coefficient (Wildman–Crippen LogP) is 4.64. The van der Waals surface area contributed by atoms with Crippen molar-refractivity contribution in [2.75, 3.05) is 5.73 Å². The topological polar surface area (TPSA) is 44.5 Å². The van der Waals surface area contributed by atoms with Crippen molar-refractivity contribution in [2.24, 2.45) is 0 Å². The van der Waals surface area contributed by atoms with E-state index in [1.54, 1.807) is 0 Å². The van der Waals surface area contributed by atoms with Crippen LogP contribution in [0, 0.1) is 0 Å². The molecule has 0 spiro atoms. The second-order valence-corrected chi connectivity index (χ2v) is 4.92. The van der Waals surface area contributed by atoms with Gasteiger partial charge in [-0.3, -0.25) is 0 Å². The monoisotopic (exact) mass is 291 g/mol. The van der Waals surface area contributed by atoms with E-state index < -0.39 is 0 Å². The molecule has 110 valence electrons. The first kappa shape index (κ1) is 14.0. The fourth-order valence-electron chi connectivity index (χ4n) is 2.05. The fourth-order valence-corrected chi connectivity index (χ4v) is 2.05. The molecule has 0 aliphatic carbocycles. The smallest absolute Gasteiger partial charge is 0.127 e. The molecule has 3 nitrogen and oxygen atoms in total. The van der Waals surface area contributed by atoms with E-state index in [4.69, 9.17) is 15.2 Å². The SMILES string of the molecule is Nc1cccc(OCc2ccc(Oc3ccccc3)cc2)c1. The van der Waals surface area contributed by atoms with Gasteiger partial charge >= 0.3 is 0 Å². The van der Waals surface area contributed by atoms with Crippen molar-refractivity contribution in [3.8, 4) is 17.2 Å². The summed E-state index contributed by atoms with van der Waals surface area (Å²) in [4.78, 5) is 0. The minimum absolute atomic E-state index is 0.495.